The summed E-state index contributed by atoms with van der Waals surface area (Å²) in [6, 6.07) is 20.6. The van der Waals surface area contributed by atoms with Gasteiger partial charge in [0.05, 0.1) is 25.5 Å². The number of benzene rings is 3. The van der Waals surface area contributed by atoms with E-state index in [9.17, 15) is 4.39 Å². The van der Waals surface area contributed by atoms with Crippen LogP contribution < -0.4 is 0 Å². The lowest BCUT2D eigenvalue weighted by Crippen LogP contribution is -1.90. The zero-order chi connectivity index (χ0) is 19.1. The van der Waals surface area contributed by atoms with Gasteiger partial charge in [-0.1, -0.05) is 41.9 Å². The minimum Gasteiger partial charge on any atom is -0.236 e. The van der Waals surface area contributed by atoms with E-state index < -0.39 is 0 Å². The lowest BCUT2D eigenvalue weighted by molar-refractivity contribution is 0.625. The fraction of sp³-hybridized carbons (Fsp3) is 0. The highest BCUT2D eigenvalue weighted by Gasteiger charge is 2.17. The molecular formula is C22H12ClFN2S2. The van der Waals surface area contributed by atoms with E-state index >= 15 is 0 Å². The molecule has 3 aromatic carbocycles. The Morgan fingerprint density at radius 2 is 1.36 bits per heavy atom. The molecular weight excluding hydrogens is 411 g/mol. The molecule has 0 spiro atoms. The van der Waals surface area contributed by atoms with Gasteiger partial charge in [0.2, 0.25) is 0 Å². The first-order valence-electron chi connectivity index (χ1n) is 8.56. The Bertz CT molecular complexity index is 1190. The average molecular weight is 423 g/mol. The lowest BCUT2D eigenvalue weighted by atomic mass is 10.1. The molecule has 0 amide bonds. The molecule has 0 aliphatic carbocycles. The molecule has 2 nitrogen and oxygen atoms in total. The van der Waals surface area contributed by atoms with E-state index in [1.807, 2.05) is 48.5 Å². The largest absolute Gasteiger partial charge is 0.236 e. The maximum absolute atomic E-state index is 14.5. The van der Waals surface area contributed by atoms with Gasteiger partial charge in [-0.15, -0.1) is 22.7 Å². The number of hydrogen-bond acceptors (Lipinski definition) is 4. The first-order chi connectivity index (χ1) is 13.7. The van der Waals surface area contributed by atoms with Crippen molar-refractivity contribution in [3.05, 3.63) is 93.1 Å². The zero-order valence-corrected chi connectivity index (χ0v) is 16.8. The maximum Gasteiger partial charge on any atom is 0.131 e. The number of thiazole rings is 2. The minimum absolute atomic E-state index is 0.345. The molecule has 6 heteroatoms. The highest BCUT2D eigenvalue weighted by Crippen LogP contribution is 2.37. The van der Waals surface area contributed by atoms with Gasteiger partial charge in [0.1, 0.15) is 15.8 Å². The molecule has 0 fully saturated rings. The van der Waals surface area contributed by atoms with Crippen molar-refractivity contribution >= 4 is 66.4 Å². The van der Waals surface area contributed by atoms with E-state index in [1.165, 1.54) is 6.07 Å². The van der Waals surface area contributed by atoms with Crippen LogP contribution in [0.4, 0.5) is 4.39 Å². The fourth-order valence-electron chi connectivity index (χ4n) is 2.98. The van der Waals surface area contributed by atoms with Gasteiger partial charge in [-0.2, -0.15) is 0 Å². The summed E-state index contributed by atoms with van der Waals surface area (Å²) >= 11 is 9.41. The number of fused-ring (bicyclic) bond motifs is 2. The number of rotatable bonds is 3. The van der Waals surface area contributed by atoms with Gasteiger partial charge in [-0.3, -0.25) is 0 Å². The summed E-state index contributed by atoms with van der Waals surface area (Å²) in [6.07, 6.45) is 1.76. The summed E-state index contributed by atoms with van der Waals surface area (Å²) in [5, 5.41) is 1.94. The first-order valence-corrected chi connectivity index (χ1v) is 10.6. The number of aromatic nitrogens is 2. The van der Waals surface area contributed by atoms with Crippen molar-refractivity contribution in [3.8, 4) is 0 Å². The molecule has 0 bridgehead atoms. The number of halogens is 2. The molecule has 28 heavy (non-hydrogen) atoms. The maximum atomic E-state index is 14.5. The quantitative estimate of drug-likeness (QED) is 0.305. The van der Waals surface area contributed by atoms with E-state index in [1.54, 1.807) is 40.9 Å². The van der Waals surface area contributed by atoms with Gasteiger partial charge in [0.15, 0.2) is 0 Å². The Morgan fingerprint density at radius 3 is 1.89 bits per heavy atom. The molecule has 0 saturated heterocycles. The van der Waals surface area contributed by atoms with Gasteiger partial charge in [-0.25, -0.2) is 14.4 Å². The van der Waals surface area contributed by atoms with E-state index in [0.717, 1.165) is 36.0 Å². The zero-order valence-electron chi connectivity index (χ0n) is 14.4. The average Bonchev–Trinajstić information content (AvgIpc) is 3.31. The predicted octanol–water partition coefficient (Wildman–Crippen LogP) is 7.29. The van der Waals surface area contributed by atoms with Gasteiger partial charge in [0, 0.05) is 11.1 Å². The standard InChI is InChI=1S/C22H12ClFN2S2/c23-15-6-5-7-16(24)13(15)12-14(21-25-17-8-1-3-10-19(17)27-21)22-26-18-9-2-4-11-20(18)28-22/h1-12H. The van der Waals surface area contributed by atoms with Crippen molar-refractivity contribution < 1.29 is 4.39 Å². The van der Waals surface area contributed by atoms with Crippen molar-refractivity contribution in [2.75, 3.05) is 0 Å². The number of nitrogens with zero attached hydrogens (tertiary/aromatic N) is 2. The molecule has 136 valence electrons. The molecule has 0 saturated carbocycles. The molecule has 2 aromatic heterocycles. The van der Waals surface area contributed by atoms with E-state index in [0.29, 0.717) is 10.6 Å². The highest BCUT2D eigenvalue weighted by atomic mass is 35.5. The summed E-state index contributed by atoms with van der Waals surface area (Å²) in [6.45, 7) is 0. The summed E-state index contributed by atoms with van der Waals surface area (Å²) in [5.41, 5.74) is 2.94. The summed E-state index contributed by atoms with van der Waals surface area (Å²) in [7, 11) is 0. The SMILES string of the molecule is Fc1cccc(Cl)c1C=C(c1nc2ccccc2s1)c1nc2ccccc2s1. The molecule has 5 aromatic rings. The Balaban J connectivity index is 1.77. The van der Waals surface area contributed by atoms with Crippen molar-refractivity contribution in [1.82, 2.24) is 9.97 Å². The molecule has 2 heterocycles. The topological polar surface area (TPSA) is 25.8 Å². The summed E-state index contributed by atoms with van der Waals surface area (Å²) in [4.78, 5) is 9.53. The highest BCUT2D eigenvalue weighted by molar-refractivity contribution is 7.22. The Morgan fingerprint density at radius 1 is 0.786 bits per heavy atom. The monoisotopic (exact) mass is 422 g/mol. The van der Waals surface area contributed by atoms with Crippen LogP contribution in [0.5, 0.6) is 0 Å². The lowest BCUT2D eigenvalue weighted by Gasteiger charge is -2.04. The van der Waals surface area contributed by atoms with Crippen LogP contribution in [0.25, 0.3) is 32.1 Å². The van der Waals surface area contributed by atoms with Gasteiger partial charge in [0.25, 0.3) is 0 Å². The van der Waals surface area contributed by atoms with Gasteiger partial charge >= 0.3 is 0 Å². The van der Waals surface area contributed by atoms with E-state index in [2.05, 4.69) is 0 Å². The van der Waals surface area contributed by atoms with Crippen molar-refractivity contribution in [2.24, 2.45) is 0 Å². The third-order valence-electron chi connectivity index (χ3n) is 4.34. The Kier molecular flexibility index (Phi) is 4.43. The third kappa shape index (κ3) is 3.11. The Hall–Kier alpha value is -2.60. The molecule has 0 unspecified atom stereocenters. The van der Waals surface area contributed by atoms with Crippen LogP contribution in [0.2, 0.25) is 5.02 Å². The molecule has 5 rings (SSSR count). The van der Waals surface area contributed by atoms with Crippen molar-refractivity contribution in [3.63, 3.8) is 0 Å². The van der Waals surface area contributed by atoms with Crippen molar-refractivity contribution in [2.45, 2.75) is 0 Å². The smallest absolute Gasteiger partial charge is 0.131 e. The van der Waals surface area contributed by atoms with Crippen LogP contribution in [0, 0.1) is 5.82 Å². The van der Waals surface area contributed by atoms with Crippen LogP contribution in [0.3, 0.4) is 0 Å². The van der Waals surface area contributed by atoms with Crippen LogP contribution >= 0.6 is 34.3 Å². The predicted molar refractivity (Wildman–Crippen MR) is 118 cm³/mol. The molecule has 0 N–H and O–H groups in total. The molecule has 0 atom stereocenters. The van der Waals surface area contributed by atoms with Crippen LogP contribution in [0.15, 0.2) is 66.7 Å². The molecule has 0 aliphatic rings. The van der Waals surface area contributed by atoms with Crippen LogP contribution in [0.1, 0.15) is 15.6 Å². The number of hydrogen-bond donors (Lipinski definition) is 0. The second-order valence-corrected chi connectivity index (χ2v) is 8.64. The van der Waals surface area contributed by atoms with Gasteiger partial charge in [-0.05, 0) is 42.5 Å². The van der Waals surface area contributed by atoms with Crippen LogP contribution in [-0.4, -0.2) is 9.97 Å². The normalized spacial score (nSPS) is 11.2. The molecule has 0 aliphatic heterocycles. The van der Waals surface area contributed by atoms with Crippen LogP contribution in [-0.2, 0) is 0 Å². The third-order valence-corrected chi connectivity index (χ3v) is 6.81. The minimum atomic E-state index is -0.368. The van der Waals surface area contributed by atoms with Gasteiger partial charge < -0.3 is 0 Å². The van der Waals surface area contributed by atoms with E-state index in [4.69, 9.17) is 21.6 Å². The summed E-state index contributed by atoms with van der Waals surface area (Å²) < 4.78 is 16.6. The Labute approximate surface area is 173 Å². The summed E-state index contributed by atoms with van der Waals surface area (Å²) in [5.74, 6) is -0.368. The number of para-hydroxylation sites is 2. The van der Waals surface area contributed by atoms with E-state index in [-0.39, 0.29) is 5.82 Å². The second kappa shape index (κ2) is 7.09. The van der Waals surface area contributed by atoms with Crippen molar-refractivity contribution in [1.29, 1.82) is 0 Å². The molecule has 0 radical (unpaired) electrons. The first kappa shape index (κ1) is 17.5. The second-order valence-electron chi connectivity index (χ2n) is 6.17. The fourth-order valence-corrected chi connectivity index (χ4v) is 5.23.